The Bertz CT molecular complexity index is 965. The van der Waals surface area contributed by atoms with E-state index in [0.29, 0.717) is 17.8 Å². The molecule has 3 aliphatic rings. The Hall–Kier alpha value is -2.40. The van der Waals surface area contributed by atoms with Crippen molar-refractivity contribution >= 4 is 17.4 Å². The van der Waals surface area contributed by atoms with E-state index in [1.165, 1.54) is 24.0 Å². The second-order valence-corrected chi connectivity index (χ2v) is 9.57. The normalized spacial score (nSPS) is 26.4. The van der Waals surface area contributed by atoms with Gasteiger partial charge in [0.1, 0.15) is 5.82 Å². The number of hydrogen-bond donors (Lipinski definition) is 1. The monoisotopic (exact) mass is 419 g/mol. The maximum atomic E-state index is 12.8. The van der Waals surface area contributed by atoms with Gasteiger partial charge in [0.25, 0.3) is 0 Å². The van der Waals surface area contributed by atoms with Gasteiger partial charge in [0.2, 0.25) is 5.91 Å². The number of ether oxygens (including phenoxy) is 1. The highest BCUT2D eigenvalue weighted by atomic mass is 16.5. The summed E-state index contributed by atoms with van der Waals surface area (Å²) >= 11 is 0. The molecule has 1 saturated carbocycles. The first-order valence-corrected chi connectivity index (χ1v) is 11.7. The Morgan fingerprint density at radius 2 is 1.90 bits per heavy atom. The lowest BCUT2D eigenvalue weighted by atomic mass is 9.78. The van der Waals surface area contributed by atoms with Crippen molar-refractivity contribution in [3.63, 3.8) is 0 Å². The maximum absolute atomic E-state index is 12.8. The highest BCUT2D eigenvalue weighted by Gasteiger charge is 2.47. The molecule has 5 rings (SSSR count). The predicted octanol–water partition coefficient (Wildman–Crippen LogP) is 5.22. The van der Waals surface area contributed by atoms with Crippen molar-refractivity contribution in [3.8, 4) is 0 Å². The minimum Gasteiger partial charge on any atom is -0.381 e. The summed E-state index contributed by atoms with van der Waals surface area (Å²) in [6.07, 6.45) is 4.55. The highest BCUT2D eigenvalue weighted by molar-refractivity contribution is 5.94. The van der Waals surface area contributed by atoms with E-state index < -0.39 is 0 Å². The average Bonchev–Trinajstić information content (AvgIpc) is 3.60. The molecule has 5 nitrogen and oxygen atoms in total. The van der Waals surface area contributed by atoms with E-state index in [4.69, 9.17) is 9.72 Å². The fourth-order valence-electron chi connectivity index (χ4n) is 5.65. The smallest absolute Gasteiger partial charge is 0.224 e. The zero-order chi connectivity index (χ0) is 21.5. The number of nitrogens with zero attached hydrogens (tertiary/aromatic N) is 2. The molecule has 0 bridgehead atoms. The van der Waals surface area contributed by atoms with Crippen LogP contribution >= 0.6 is 0 Å². The SMILES string of the molecule is CC(=O)N1c2ccc(C3CCOCC3)cc2[C@H](Nc2cccc(C)n2)[C@@H](C)[C@@H]1C1CC1. The Morgan fingerprint density at radius 1 is 1.13 bits per heavy atom. The van der Waals surface area contributed by atoms with Gasteiger partial charge in [0, 0.05) is 43.5 Å². The van der Waals surface area contributed by atoms with Gasteiger partial charge < -0.3 is 15.0 Å². The summed E-state index contributed by atoms with van der Waals surface area (Å²) in [5, 5.41) is 3.76. The van der Waals surface area contributed by atoms with Gasteiger partial charge in [-0.2, -0.15) is 0 Å². The molecule has 2 aromatic rings. The Kier molecular flexibility index (Phi) is 5.47. The number of carbonyl (C=O) groups excluding carboxylic acids is 1. The molecule has 164 valence electrons. The largest absolute Gasteiger partial charge is 0.381 e. The summed E-state index contributed by atoms with van der Waals surface area (Å²) in [6.45, 7) is 7.70. The maximum Gasteiger partial charge on any atom is 0.224 e. The molecule has 3 atom stereocenters. The summed E-state index contributed by atoms with van der Waals surface area (Å²) in [5.41, 5.74) is 4.68. The van der Waals surface area contributed by atoms with E-state index in [2.05, 4.69) is 41.4 Å². The quantitative estimate of drug-likeness (QED) is 0.738. The number of aryl methyl sites for hydroxylation is 1. The number of benzene rings is 1. The molecule has 2 aliphatic heterocycles. The van der Waals surface area contributed by atoms with Crippen molar-refractivity contribution in [3.05, 3.63) is 53.2 Å². The van der Waals surface area contributed by atoms with E-state index in [1.54, 1.807) is 6.92 Å². The van der Waals surface area contributed by atoms with Crippen molar-refractivity contribution < 1.29 is 9.53 Å². The molecule has 1 aromatic carbocycles. The van der Waals surface area contributed by atoms with Crippen molar-refractivity contribution in [2.24, 2.45) is 11.8 Å². The third-order valence-electron chi connectivity index (χ3n) is 7.34. The van der Waals surface area contributed by atoms with E-state index in [1.807, 2.05) is 19.1 Å². The van der Waals surface area contributed by atoms with E-state index in [9.17, 15) is 4.79 Å². The Labute approximate surface area is 185 Å². The molecule has 1 N–H and O–H groups in total. The number of hydrogen-bond acceptors (Lipinski definition) is 4. The number of amides is 1. The average molecular weight is 420 g/mol. The van der Waals surface area contributed by atoms with Gasteiger partial charge in [-0.3, -0.25) is 4.79 Å². The first-order chi connectivity index (χ1) is 15.0. The molecular weight excluding hydrogens is 386 g/mol. The Morgan fingerprint density at radius 3 is 2.58 bits per heavy atom. The summed E-state index contributed by atoms with van der Waals surface area (Å²) in [5.74, 6) is 2.48. The van der Waals surface area contributed by atoms with Crippen LogP contribution in [-0.4, -0.2) is 30.1 Å². The first kappa shape index (κ1) is 20.5. The molecule has 0 radical (unpaired) electrons. The van der Waals surface area contributed by atoms with Crippen molar-refractivity contribution in [2.45, 2.75) is 64.5 Å². The first-order valence-electron chi connectivity index (χ1n) is 11.7. The summed E-state index contributed by atoms with van der Waals surface area (Å²) in [4.78, 5) is 19.6. The summed E-state index contributed by atoms with van der Waals surface area (Å²) < 4.78 is 5.58. The van der Waals surface area contributed by atoms with Crippen LogP contribution in [0.25, 0.3) is 0 Å². The molecule has 1 aromatic heterocycles. The number of nitrogens with one attached hydrogen (secondary N) is 1. The summed E-state index contributed by atoms with van der Waals surface area (Å²) in [6, 6.07) is 13.3. The number of aromatic nitrogens is 1. The molecule has 1 amide bonds. The third kappa shape index (κ3) is 3.96. The molecule has 5 heteroatoms. The minimum atomic E-state index is 0.130. The minimum absolute atomic E-state index is 0.130. The highest BCUT2D eigenvalue weighted by Crippen LogP contribution is 2.50. The number of anilines is 2. The van der Waals surface area contributed by atoms with Crippen LogP contribution in [0, 0.1) is 18.8 Å². The number of pyridine rings is 1. The second-order valence-electron chi connectivity index (χ2n) is 9.57. The molecular formula is C26H33N3O2. The second kappa shape index (κ2) is 8.27. The van der Waals surface area contributed by atoms with Crippen LogP contribution in [0.15, 0.2) is 36.4 Å². The van der Waals surface area contributed by atoms with Crippen molar-refractivity contribution in [1.82, 2.24) is 4.98 Å². The third-order valence-corrected chi connectivity index (χ3v) is 7.34. The molecule has 1 aliphatic carbocycles. The van der Waals surface area contributed by atoms with Gasteiger partial charge in [-0.05, 0) is 73.8 Å². The van der Waals surface area contributed by atoms with Gasteiger partial charge in [0.05, 0.1) is 6.04 Å². The van der Waals surface area contributed by atoms with E-state index in [-0.39, 0.29) is 18.0 Å². The topological polar surface area (TPSA) is 54.5 Å². The lowest BCUT2D eigenvalue weighted by Crippen LogP contribution is -2.51. The van der Waals surface area contributed by atoms with Gasteiger partial charge in [-0.1, -0.05) is 25.1 Å². The number of carbonyl (C=O) groups is 1. The van der Waals surface area contributed by atoms with Gasteiger partial charge in [0.15, 0.2) is 0 Å². The fourth-order valence-corrected chi connectivity index (χ4v) is 5.65. The molecule has 0 spiro atoms. The zero-order valence-electron chi connectivity index (χ0n) is 18.8. The lowest BCUT2D eigenvalue weighted by Gasteiger charge is -2.46. The van der Waals surface area contributed by atoms with E-state index >= 15 is 0 Å². The molecule has 3 heterocycles. The van der Waals surface area contributed by atoms with Crippen LogP contribution in [0.3, 0.4) is 0 Å². The van der Waals surface area contributed by atoms with Crippen LogP contribution in [0.5, 0.6) is 0 Å². The molecule has 31 heavy (non-hydrogen) atoms. The molecule has 1 saturated heterocycles. The van der Waals surface area contributed by atoms with Crippen LogP contribution in [-0.2, 0) is 9.53 Å². The number of fused-ring (bicyclic) bond motifs is 1. The summed E-state index contributed by atoms with van der Waals surface area (Å²) in [7, 11) is 0. The number of rotatable bonds is 4. The molecule has 0 unspecified atom stereocenters. The standard InChI is InChI=1S/C26H33N3O2/c1-16-5-4-6-24(27-16)28-25-17(2)26(20-7-8-20)29(18(3)30)23-10-9-21(15-22(23)25)19-11-13-31-14-12-19/h4-6,9-10,15,17,19-20,25-26H,7-8,11-14H2,1-3H3,(H,27,28)/t17-,25-,26-/m1/s1. The van der Waals surface area contributed by atoms with Gasteiger partial charge in [-0.15, -0.1) is 0 Å². The zero-order valence-corrected chi connectivity index (χ0v) is 18.8. The fraction of sp³-hybridized carbons (Fsp3) is 0.538. The van der Waals surface area contributed by atoms with Crippen LogP contribution in [0.2, 0.25) is 0 Å². The van der Waals surface area contributed by atoms with Crippen molar-refractivity contribution in [1.29, 1.82) is 0 Å². The van der Waals surface area contributed by atoms with Crippen LogP contribution in [0.1, 0.15) is 68.3 Å². The van der Waals surface area contributed by atoms with Crippen LogP contribution in [0.4, 0.5) is 11.5 Å². The van der Waals surface area contributed by atoms with E-state index in [0.717, 1.165) is 43.3 Å². The van der Waals surface area contributed by atoms with Gasteiger partial charge >= 0.3 is 0 Å². The predicted molar refractivity (Wildman–Crippen MR) is 123 cm³/mol. The van der Waals surface area contributed by atoms with Gasteiger partial charge in [-0.25, -0.2) is 4.98 Å². The van der Waals surface area contributed by atoms with Crippen molar-refractivity contribution in [2.75, 3.05) is 23.4 Å². The van der Waals surface area contributed by atoms with Crippen LogP contribution < -0.4 is 10.2 Å². The lowest BCUT2D eigenvalue weighted by molar-refractivity contribution is -0.117. The Balaban J connectivity index is 1.58. The molecule has 2 fully saturated rings.